The Labute approximate surface area is 122 Å². The Kier molecular flexibility index (Phi) is 3.68. The van der Waals surface area contributed by atoms with Crippen LogP contribution in [-0.4, -0.2) is 41.3 Å². The molecule has 2 aliphatic rings. The number of fused-ring (bicyclic) bond motifs is 1. The van der Waals surface area contributed by atoms with Crippen LogP contribution in [0.5, 0.6) is 11.5 Å². The number of aliphatic carboxylic acids is 1. The summed E-state index contributed by atoms with van der Waals surface area (Å²) in [5, 5.41) is 9.06. The number of amides is 1. The molecule has 1 saturated carbocycles. The van der Waals surface area contributed by atoms with Crippen LogP contribution in [0.25, 0.3) is 0 Å². The third-order valence-corrected chi connectivity index (χ3v) is 3.95. The Morgan fingerprint density at radius 3 is 2.62 bits per heavy atom. The number of hydrogen-bond acceptors (Lipinski definition) is 4. The molecule has 0 radical (unpaired) electrons. The molecule has 0 bridgehead atoms. The number of benzene rings is 1. The average Bonchev–Trinajstić information content (AvgIpc) is 3.13. The number of carbonyl (C=O) groups is 2. The van der Waals surface area contributed by atoms with E-state index < -0.39 is 5.97 Å². The van der Waals surface area contributed by atoms with E-state index in [2.05, 4.69) is 0 Å². The number of rotatable bonds is 4. The maximum atomic E-state index is 12.6. The van der Waals surface area contributed by atoms with E-state index >= 15 is 0 Å². The Balaban J connectivity index is 1.84. The van der Waals surface area contributed by atoms with E-state index in [0.29, 0.717) is 17.1 Å². The van der Waals surface area contributed by atoms with Crippen molar-refractivity contribution in [3.8, 4) is 11.5 Å². The van der Waals surface area contributed by atoms with Crippen LogP contribution in [-0.2, 0) is 4.79 Å². The Morgan fingerprint density at radius 2 is 1.90 bits per heavy atom. The second-order valence-corrected chi connectivity index (χ2v) is 5.33. The van der Waals surface area contributed by atoms with Gasteiger partial charge in [-0.15, -0.1) is 0 Å². The first-order chi connectivity index (χ1) is 10.1. The number of carboxylic acid groups (broad SMARTS) is 1. The summed E-state index contributed by atoms with van der Waals surface area (Å²) < 4.78 is 10.5. The normalized spacial score (nSPS) is 17.0. The van der Waals surface area contributed by atoms with Crippen LogP contribution in [0.2, 0.25) is 0 Å². The topological polar surface area (TPSA) is 76.1 Å². The summed E-state index contributed by atoms with van der Waals surface area (Å²) in [6.45, 7) is -0.119. The smallest absolute Gasteiger partial charge is 0.323 e. The standard InChI is InChI=1S/C15H17NO5/c17-14(18)8-16(11-3-1-2-4-11)15(19)10-5-6-12-13(7-10)21-9-20-12/h5-7,11H,1-4,8-9H2,(H,17,18). The first-order valence-corrected chi connectivity index (χ1v) is 7.07. The molecule has 21 heavy (non-hydrogen) atoms. The Bertz CT molecular complexity index is 565. The van der Waals surface area contributed by atoms with Crippen molar-refractivity contribution in [3.05, 3.63) is 23.8 Å². The fourth-order valence-electron chi connectivity index (χ4n) is 2.92. The zero-order valence-corrected chi connectivity index (χ0v) is 11.6. The van der Waals surface area contributed by atoms with E-state index in [9.17, 15) is 9.59 Å². The van der Waals surface area contributed by atoms with Crippen LogP contribution in [0.3, 0.4) is 0 Å². The Hall–Kier alpha value is -2.24. The molecule has 0 saturated heterocycles. The monoisotopic (exact) mass is 291 g/mol. The molecular weight excluding hydrogens is 274 g/mol. The number of hydrogen-bond donors (Lipinski definition) is 1. The van der Waals surface area contributed by atoms with Gasteiger partial charge < -0.3 is 19.5 Å². The maximum Gasteiger partial charge on any atom is 0.323 e. The minimum Gasteiger partial charge on any atom is -0.480 e. The Morgan fingerprint density at radius 1 is 1.19 bits per heavy atom. The lowest BCUT2D eigenvalue weighted by atomic mass is 10.1. The van der Waals surface area contributed by atoms with Gasteiger partial charge in [-0.05, 0) is 31.0 Å². The highest BCUT2D eigenvalue weighted by molar-refractivity contribution is 5.96. The molecule has 1 aliphatic carbocycles. The van der Waals surface area contributed by atoms with Gasteiger partial charge in [0.1, 0.15) is 6.54 Å². The summed E-state index contributed by atoms with van der Waals surface area (Å²) >= 11 is 0. The van der Waals surface area contributed by atoms with Crippen molar-refractivity contribution in [2.75, 3.05) is 13.3 Å². The molecule has 0 atom stereocenters. The third-order valence-electron chi connectivity index (χ3n) is 3.95. The number of ether oxygens (including phenoxy) is 2. The van der Waals surface area contributed by atoms with Crippen molar-refractivity contribution in [3.63, 3.8) is 0 Å². The van der Waals surface area contributed by atoms with Gasteiger partial charge in [0.15, 0.2) is 11.5 Å². The van der Waals surface area contributed by atoms with Gasteiger partial charge in [-0.3, -0.25) is 9.59 Å². The van der Waals surface area contributed by atoms with Crippen LogP contribution in [0.1, 0.15) is 36.0 Å². The molecule has 6 nitrogen and oxygen atoms in total. The van der Waals surface area contributed by atoms with Crippen molar-refractivity contribution in [1.29, 1.82) is 0 Å². The van der Waals surface area contributed by atoms with Crippen LogP contribution in [0, 0.1) is 0 Å². The van der Waals surface area contributed by atoms with Gasteiger partial charge in [0.25, 0.3) is 5.91 Å². The minimum atomic E-state index is -0.990. The van der Waals surface area contributed by atoms with Crippen molar-refractivity contribution in [2.24, 2.45) is 0 Å². The SMILES string of the molecule is O=C(O)CN(C(=O)c1ccc2c(c1)OCO2)C1CCCC1. The fourth-order valence-corrected chi connectivity index (χ4v) is 2.92. The number of carbonyl (C=O) groups excluding carboxylic acids is 1. The molecule has 1 N–H and O–H groups in total. The van der Waals surface area contributed by atoms with Crippen molar-refractivity contribution < 1.29 is 24.2 Å². The van der Waals surface area contributed by atoms with E-state index in [1.807, 2.05) is 0 Å². The molecule has 1 aromatic carbocycles. The van der Waals surface area contributed by atoms with E-state index in [4.69, 9.17) is 14.6 Å². The second-order valence-electron chi connectivity index (χ2n) is 5.33. The summed E-state index contributed by atoms with van der Waals surface area (Å²) in [6.07, 6.45) is 3.80. The molecular formula is C15H17NO5. The van der Waals surface area contributed by atoms with Crippen LogP contribution in [0.4, 0.5) is 0 Å². The van der Waals surface area contributed by atoms with Gasteiger partial charge in [-0.25, -0.2) is 0 Å². The molecule has 3 rings (SSSR count). The molecule has 6 heteroatoms. The van der Waals surface area contributed by atoms with Crippen molar-refractivity contribution in [1.82, 2.24) is 4.90 Å². The largest absolute Gasteiger partial charge is 0.480 e. The van der Waals surface area contributed by atoms with Gasteiger partial charge in [0, 0.05) is 11.6 Å². The maximum absolute atomic E-state index is 12.6. The summed E-state index contributed by atoms with van der Waals surface area (Å²) in [5.74, 6) is -0.113. The first-order valence-electron chi connectivity index (χ1n) is 7.07. The van der Waals surface area contributed by atoms with E-state index in [0.717, 1.165) is 25.7 Å². The number of nitrogens with zero attached hydrogens (tertiary/aromatic N) is 1. The van der Waals surface area contributed by atoms with E-state index in [1.54, 1.807) is 18.2 Å². The molecule has 1 aromatic rings. The lowest BCUT2D eigenvalue weighted by molar-refractivity contribution is -0.138. The molecule has 0 unspecified atom stereocenters. The third kappa shape index (κ3) is 2.79. The zero-order valence-electron chi connectivity index (χ0n) is 11.6. The van der Waals surface area contributed by atoms with Crippen LogP contribution >= 0.6 is 0 Å². The lowest BCUT2D eigenvalue weighted by Gasteiger charge is -2.27. The predicted molar refractivity (Wildman–Crippen MR) is 73.5 cm³/mol. The fraction of sp³-hybridized carbons (Fsp3) is 0.467. The molecule has 0 aromatic heterocycles. The molecule has 1 fully saturated rings. The summed E-state index contributed by atoms with van der Waals surface area (Å²) in [5.41, 5.74) is 0.437. The average molecular weight is 291 g/mol. The molecule has 1 heterocycles. The number of carboxylic acids is 1. The second kappa shape index (κ2) is 5.63. The molecule has 1 aliphatic heterocycles. The van der Waals surface area contributed by atoms with Gasteiger partial charge >= 0.3 is 5.97 Å². The predicted octanol–water partition coefficient (Wildman–Crippen LogP) is 1.88. The molecule has 112 valence electrons. The van der Waals surface area contributed by atoms with Crippen LogP contribution < -0.4 is 9.47 Å². The van der Waals surface area contributed by atoms with Gasteiger partial charge in [-0.1, -0.05) is 12.8 Å². The van der Waals surface area contributed by atoms with Gasteiger partial charge in [0.05, 0.1) is 0 Å². The summed E-state index contributed by atoms with van der Waals surface area (Å²) in [6, 6.07) is 4.97. The highest BCUT2D eigenvalue weighted by Crippen LogP contribution is 2.33. The summed E-state index contributed by atoms with van der Waals surface area (Å²) in [4.78, 5) is 25.1. The van der Waals surface area contributed by atoms with Crippen molar-refractivity contribution in [2.45, 2.75) is 31.7 Å². The highest BCUT2D eigenvalue weighted by Gasteiger charge is 2.29. The molecule has 1 amide bonds. The lowest BCUT2D eigenvalue weighted by Crippen LogP contribution is -2.42. The van der Waals surface area contributed by atoms with Gasteiger partial charge in [0.2, 0.25) is 6.79 Å². The van der Waals surface area contributed by atoms with Gasteiger partial charge in [-0.2, -0.15) is 0 Å². The summed E-state index contributed by atoms with van der Waals surface area (Å²) in [7, 11) is 0. The van der Waals surface area contributed by atoms with E-state index in [1.165, 1.54) is 4.90 Å². The van der Waals surface area contributed by atoms with Crippen molar-refractivity contribution >= 4 is 11.9 Å². The van der Waals surface area contributed by atoms with Crippen LogP contribution in [0.15, 0.2) is 18.2 Å². The first kappa shape index (κ1) is 13.7. The highest BCUT2D eigenvalue weighted by atomic mass is 16.7. The quantitative estimate of drug-likeness (QED) is 0.916. The zero-order chi connectivity index (χ0) is 14.8. The molecule has 0 spiro atoms. The van der Waals surface area contributed by atoms with E-state index in [-0.39, 0.29) is 25.3 Å². The minimum absolute atomic E-state index is 0.0130.